The van der Waals surface area contributed by atoms with E-state index in [9.17, 15) is 23.1 Å². The van der Waals surface area contributed by atoms with Crippen LogP contribution in [0.1, 0.15) is 6.92 Å². The molecule has 0 saturated carbocycles. The molecule has 2 aliphatic rings. The number of rotatable bonds is 5. The summed E-state index contributed by atoms with van der Waals surface area (Å²) in [5.41, 5.74) is -1.32. The highest BCUT2D eigenvalue weighted by atomic mass is 32.2. The van der Waals surface area contributed by atoms with E-state index in [2.05, 4.69) is 6.58 Å². The second kappa shape index (κ2) is 4.85. The quantitative estimate of drug-likeness (QED) is 0.682. The lowest BCUT2D eigenvalue weighted by Gasteiger charge is -2.24. The van der Waals surface area contributed by atoms with Gasteiger partial charge >= 0.3 is 5.97 Å². The van der Waals surface area contributed by atoms with Crippen LogP contribution in [-0.4, -0.2) is 66.5 Å². The van der Waals surface area contributed by atoms with Gasteiger partial charge in [-0.1, -0.05) is 6.08 Å². The zero-order valence-electron chi connectivity index (χ0n) is 11.3. The van der Waals surface area contributed by atoms with Crippen LogP contribution in [0.4, 0.5) is 0 Å². The van der Waals surface area contributed by atoms with Crippen molar-refractivity contribution in [1.82, 2.24) is 9.21 Å². The van der Waals surface area contributed by atoms with Gasteiger partial charge in [0.15, 0.2) is 0 Å². The second-order valence-electron chi connectivity index (χ2n) is 5.23. The van der Waals surface area contributed by atoms with Gasteiger partial charge in [-0.05, 0) is 6.92 Å². The largest absolute Gasteiger partial charge is 0.481 e. The standard InChI is InChI=1S/C12H18N2O5S/c1-3-5-20(18,19)14-6-9-10(15)13(4-2)7-12(9,8-14)11(16)17/h3,9H,1,4-8H2,2H3,(H,16,17)/t9-,12+/m0/s1. The van der Waals surface area contributed by atoms with Gasteiger partial charge in [0.05, 0.1) is 11.7 Å². The highest BCUT2D eigenvalue weighted by Gasteiger charge is 2.63. The number of carboxylic acids is 1. The number of carbonyl (C=O) groups is 2. The maximum Gasteiger partial charge on any atom is 0.313 e. The summed E-state index contributed by atoms with van der Waals surface area (Å²) in [5, 5.41) is 9.50. The number of likely N-dealkylation sites (tertiary alicyclic amines) is 1. The SMILES string of the molecule is C=CCS(=O)(=O)N1C[C@H]2C(=O)N(CC)C[C@@]2(C(=O)O)C1. The van der Waals surface area contributed by atoms with Gasteiger partial charge in [-0.15, -0.1) is 6.58 Å². The number of hydrogen-bond donors (Lipinski definition) is 1. The van der Waals surface area contributed by atoms with Gasteiger partial charge in [-0.25, -0.2) is 8.42 Å². The van der Waals surface area contributed by atoms with Crippen LogP contribution in [0.15, 0.2) is 12.7 Å². The summed E-state index contributed by atoms with van der Waals surface area (Å²) >= 11 is 0. The maximum absolute atomic E-state index is 12.2. The van der Waals surface area contributed by atoms with E-state index in [1.54, 1.807) is 6.92 Å². The van der Waals surface area contributed by atoms with Gasteiger partial charge < -0.3 is 10.0 Å². The van der Waals surface area contributed by atoms with Crippen molar-refractivity contribution in [2.75, 3.05) is 31.9 Å². The molecule has 2 aliphatic heterocycles. The number of carbonyl (C=O) groups excluding carboxylic acids is 1. The number of sulfonamides is 1. The first kappa shape index (κ1) is 15.0. The van der Waals surface area contributed by atoms with Crippen molar-refractivity contribution in [3.05, 3.63) is 12.7 Å². The van der Waals surface area contributed by atoms with Crippen LogP contribution in [-0.2, 0) is 19.6 Å². The third-order valence-electron chi connectivity index (χ3n) is 4.12. The third kappa shape index (κ3) is 2.03. The van der Waals surface area contributed by atoms with Crippen molar-refractivity contribution < 1.29 is 23.1 Å². The summed E-state index contributed by atoms with van der Waals surface area (Å²) in [6, 6.07) is 0. The van der Waals surface area contributed by atoms with Crippen molar-refractivity contribution in [2.24, 2.45) is 11.3 Å². The summed E-state index contributed by atoms with van der Waals surface area (Å²) in [7, 11) is -3.59. The van der Waals surface area contributed by atoms with Gasteiger partial charge in [0.1, 0.15) is 5.41 Å². The minimum absolute atomic E-state index is 0.0577. The summed E-state index contributed by atoms with van der Waals surface area (Å²) in [4.78, 5) is 25.3. The molecule has 0 aliphatic carbocycles. The first-order chi connectivity index (χ1) is 9.28. The molecule has 20 heavy (non-hydrogen) atoms. The Morgan fingerprint density at radius 1 is 1.55 bits per heavy atom. The summed E-state index contributed by atoms with van der Waals surface area (Å²) in [5.74, 6) is -2.42. The highest BCUT2D eigenvalue weighted by molar-refractivity contribution is 7.89. The van der Waals surface area contributed by atoms with Crippen LogP contribution in [0.25, 0.3) is 0 Å². The third-order valence-corrected chi connectivity index (χ3v) is 5.85. The van der Waals surface area contributed by atoms with E-state index in [1.807, 2.05) is 0 Å². The van der Waals surface area contributed by atoms with E-state index < -0.39 is 27.3 Å². The number of carboxylic acid groups (broad SMARTS) is 1. The summed E-state index contributed by atoms with van der Waals surface area (Å²) < 4.78 is 25.2. The van der Waals surface area contributed by atoms with E-state index in [-0.39, 0.29) is 31.3 Å². The van der Waals surface area contributed by atoms with E-state index in [0.29, 0.717) is 6.54 Å². The van der Waals surface area contributed by atoms with E-state index in [4.69, 9.17) is 0 Å². The molecule has 0 radical (unpaired) electrons. The minimum Gasteiger partial charge on any atom is -0.481 e. The molecule has 2 saturated heterocycles. The molecule has 8 heteroatoms. The van der Waals surface area contributed by atoms with Crippen molar-refractivity contribution in [3.8, 4) is 0 Å². The molecule has 0 aromatic heterocycles. The average molecular weight is 302 g/mol. The second-order valence-corrected chi connectivity index (χ2v) is 7.24. The average Bonchev–Trinajstić information content (AvgIpc) is 2.86. The molecule has 0 aromatic carbocycles. The fourth-order valence-electron chi connectivity index (χ4n) is 3.00. The highest BCUT2D eigenvalue weighted by Crippen LogP contribution is 2.44. The molecule has 2 rings (SSSR count). The van der Waals surface area contributed by atoms with Gasteiger partial charge in [0.25, 0.3) is 0 Å². The molecule has 2 heterocycles. The Labute approximate surface area is 117 Å². The Hall–Kier alpha value is -1.41. The van der Waals surface area contributed by atoms with Crippen LogP contribution >= 0.6 is 0 Å². The molecule has 1 N–H and O–H groups in total. The zero-order chi connectivity index (χ0) is 15.1. The Balaban J connectivity index is 2.34. The number of aliphatic carboxylic acids is 1. The van der Waals surface area contributed by atoms with Crippen LogP contribution in [0.3, 0.4) is 0 Å². The van der Waals surface area contributed by atoms with E-state index in [1.165, 1.54) is 11.0 Å². The molecule has 0 aromatic rings. The van der Waals surface area contributed by atoms with Crippen molar-refractivity contribution in [1.29, 1.82) is 0 Å². The molecular weight excluding hydrogens is 284 g/mol. The molecule has 0 spiro atoms. The van der Waals surface area contributed by atoms with Gasteiger partial charge in [-0.2, -0.15) is 4.31 Å². The molecule has 2 fully saturated rings. The summed E-state index contributed by atoms with van der Waals surface area (Å²) in [6.45, 7) is 5.46. The molecule has 7 nitrogen and oxygen atoms in total. The van der Waals surface area contributed by atoms with Gasteiger partial charge in [0.2, 0.25) is 15.9 Å². The fourth-order valence-corrected chi connectivity index (χ4v) is 4.31. The van der Waals surface area contributed by atoms with Crippen molar-refractivity contribution in [3.63, 3.8) is 0 Å². The zero-order valence-corrected chi connectivity index (χ0v) is 12.1. The normalized spacial score (nSPS) is 30.6. The van der Waals surface area contributed by atoms with Crippen LogP contribution < -0.4 is 0 Å². The van der Waals surface area contributed by atoms with Crippen LogP contribution in [0.5, 0.6) is 0 Å². The number of nitrogens with zero attached hydrogens (tertiary/aromatic N) is 2. The number of amides is 1. The van der Waals surface area contributed by atoms with E-state index in [0.717, 1.165) is 4.31 Å². The Kier molecular flexibility index (Phi) is 3.64. The summed E-state index contributed by atoms with van der Waals surface area (Å²) in [6.07, 6.45) is 1.26. The first-order valence-electron chi connectivity index (χ1n) is 6.39. The van der Waals surface area contributed by atoms with Crippen LogP contribution in [0.2, 0.25) is 0 Å². The monoisotopic (exact) mass is 302 g/mol. The Morgan fingerprint density at radius 2 is 2.20 bits per heavy atom. The van der Waals surface area contributed by atoms with Gasteiger partial charge in [0, 0.05) is 26.2 Å². The lowest BCUT2D eigenvalue weighted by atomic mass is 9.81. The van der Waals surface area contributed by atoms with Gasteiger partial charge in [-0.3, -0.25) is 9.59 Å². The lowest BCUT2D eigenvalue weighted by molar-refractivity contribution is -0.149. The molecule has 0 unspecified atom stereocenters. The minimum atomic E-state index is -3.59. The van der Waals surface area contributed by atoms with Crippen molar-refractivity contribution >= 4 is 21.9 Å². The molecule has 1 amide bonds. The molecular formula is C12H18N2O5S. The first-order valence-corrected chi connectivity index (χ1v) is 8.00. The van der Waals surface area contributed by atoms with Crippen LogP contribution in [0, 0.1) is 11.3 Å². The smallest absolute Gasteiger partial charge is 0.313 e. The number of hydrogen-bond acceptors (Lipinski definition) is 4. The topological polar surface area (TPSA) is 95.0 Å². The Morgan fingerprint density at radius 3 is 2.65 bits per heavy atom. The molecule has 0 bridgehead atoms. The maximum atomic E-state index is 12.2. The molecule has 112 valence electrons. The Bertz CT molecular complexity index is 558. The lowest BCUT2D eigenvalue weighted by Crippen LogP contribution is -2.42. The molecule has 2 atom stereocenters. The van der Waals surface area contributed by atoms with E-state index >= 15 is 0 Å². The predicted octanol–water partition coefficient (Wildman–Crippen LogP) is -0.633. The number of fused-ring (bicyclic) bond motifs is 1. The van der Waals surface area contributed by atoms with Crippen molar-refractivity contribution in [2.45, 2.75) is 6.92 Å². The predicted molar refractivity (Wildman–Crippen MR) is 71.4 cm³/mol. The fraction of sp³-hybridized carbons (Fsp3) is 0.667.